The van der Waals surface area contributed by atoms with Crippen LogP contribution in [0.25, 0.3) is 10.2 Å². The Balaban J connectivity index is 1.37. The molecule has 0 bridgehead atoms. The van der Waals surface area contributed by atoms with Crippen molar-refractivity contribution in [2.75, 3.05) is 43.6 Å². The molecule has 1 fully saturated rings. The molecule has 0 atom stereocenters. The zero-order chi connectivity index (χ0) is 19.3. The normalized spacial score (nSPS) is 14.2. The van der Waals surface area contributed by atoms with E-state index >= 15 is 0 Å². The third-order valence-corrected chi connectivity index (χ3v) is 5.82. The molecule has 1 N–H and O–H groups in total. The van der Waals surface area contributed by atoms with E-state index in [9.17, 15) is 4.79 Å². The number of methoxy groups -OCH3 is 1. The fourth-order valence-corrected chi connectivity index (χ4v) is 4.21. The number of aromatic nitrogens is 1. The first-order valence-electron chi connectivity index (χ1n) is 9.37. The number of nitrogens with one attached hydrogen (secondary N) is 1. The van der Waals surface area contributed by atoms with Crippen LogP contribution in [-0.4, -0.2) is 44.3 Å². The van der Waals surface area contributed by atoms with Crippen LogP contribution in [0.15, 0.2) is 42.5 Å². The van der Waals surface area contributed by atoms with Gasteiger partial charge in [-0.15, -0.1) is 0 Å². The number of hydrogen-bond donors (Lipinski definition) is 1. The van der Waals surface area contributed by atoms with Gasteiger partial charge in [0.2, 0.25) is 5.91 Å². The number of benzene rings is 2. The molecule has 1 amide bonds. The molecule has 2 aromatic carbocycles. The molecule has 1 aromatic heterocycles. The largest absolute Gasteiger partial charge is 0.497 e. The van der Waals surface area contributed by atoms with E-state index in [1.807, 2.05) is 42.5 Å². The van der Waals surface area contributed by atoms with E-state index in [2.05, 4.69) is 10.2 Å². The van der Waals surface area contributed by atoms with Crippen molar-refractivity contribution in [1.29, 1.82) is 0 Å². The van der Waals surface area contributed by atoms with Gasteiger partial charge in [0.15, 0.2) is 5.13 Å². The molecule has 0 radical (unpaired) electrons. The van der Waals surface area contributed by atoms with Crippen LogP contribution in [0.1, 0.15) is 12.0 Å². The molecule has 2 heterocycles. The van der Waals surface area contributed by atoms with Gasteiger partial charge in [-0.05, 0) is 42.3 Å². The Bertz CT molecular complexity index is 949. The maximum absolute atomic E-state index is 12.3. The summed E-state index contributed by atoms with van der Waals surface area (Å²) in [6.45, 7) is 3.22. The molecule has 4 rings (SSSR count). The maximum Gasteiger partial charge on any atom is 0.224 e. The van der Waals surface area contributed by atoms with Crippen molar-refractivity contribution < 1.29 is 14.3 Å². The predicted molar refractivity (Wildman–Crippen MR) is 113 cm³/mol. The van der Waals surface area contributed by atoms with Gasteiger partial charge in [-0.2, -0.15) is 0 Å². The topological polar surface area (TPSA) is 63.7 Å². The van der Waals surface area contributed by atoms with Gasteiger partial charge in [-0.3, -0.25) is 4.79 Å². The van der Waals surface area contributed by atoms with Crippen molar-refractivity contribution in [2.45, 2.75) is 12.8 Å². The summed E-state index contributed by atoms with van der Waals surface area (Å²) < 4.78 is 11.6. The summed E-state index contributed by atoms with van der Waals surface area (Å²) in [5, 5.41) is 4.01. The van der Waals surface area contributed by atoms with Crippen LogP contribution in [0, 0.1) is 0 Å². The summed E-state index contributed by atoms with van der Waals surface area (Å²) in [5.74, 6) is 0.829. The lowest BCUT2D eigenvalue weighted by Gasteiger charge is -2.25. The second kappa shape index (κ2) is 8.58. The summed E-state index contributed by atoms with van der Waals surface area (Å²) in [6, 6.07) is 13.7. The minimum absolute atomic E-state index is 0.00749. The number of rotatable bonds is 6. The molecule has 3 aromatic rings. The number of hydrogen-bond acceptors (Lipinski definition) is 6. The third kappa shape index (κ3) is 4.43. The van der Waals surface area contributed by atoms with Crippen LogP contribution < -0.4 is 15.0 Å². The average molecular weight is 398 g/mol. The summed E-state index contributed by atoms with van der Waals surface area (Å²) >= 11 is 1.65. The predicted octanol–water partition coefficient (Wildman–Crippen LogP) is 3.71. The number of thiazole rings is 1. The minimum Gasteiger partial charge on any atom is -0.497 e. The summed E-state index contributed by atoms with van der Waals surface area (Å²) in [4.78, 5) is 19.3. The van der Waals surface area contributed by atoms with Gasteiger partial charge in [0.05, 0.1) is 30.5 Å². The number of carbonyl (C=O) groups is 1. The quantitative estimate of drug-likeness (QED) is 0.687. The van der Waals surface area contributed by atoms with Crippen molar-refractivity contribution in [3.8, 4) is 5.75 Å². The zero-order valence-electron chi connectivity index (χ0n) is 15.8. The molecule has 0 spiro atoms. The smallest absolute Gasteiger partial charge is 0.224 e. The summed E-state index contributed by atoms with van der Waals surface area (Å²) in [5.41, 5.74) is 2.89. The van der Waals surface area contributed by atoms with Crippen molar-refractivity contribution >= 4 is 38.3 Å². The molecule has 146 valence electrons. The Hall–Kier alpha value is -2.64. The number of aryl methyl sites for hydroxylation is 1. The fourth-order valence-electron chi connectivity index (χ4n) is 3.15. The highest BCUT2D eigenvalue weighted by Gasteiger charge is 2.15. The standard InChI is InChI=1S/C21H23N3O3S/c1-26-17-6-2-15(3-7-17)4-9-20(25)22-16-5-8-18-19(14-16)28-21(23-18)24-10-12-27-13-11-24/h2-3,5-8,14H,4,9-13H2,1H3,(H,22,25). The van der Waals surface area contributed by atoms with E-state index in [0.29, 0.717) is 12.8 Å². The summed E-state index contributed by atoms with van der Waals surface area (Å²) in [6.07, 6.45) is 1.13. The first-order chi connectivity index (χ1) is 13.7. The molecule has 0 saturated carbocycles. The first-order valence-corrected chi connectivity index (χ1v) is 10.2. The second-order valence-corrected chi connectivity index (χ2v) is 7.68. The maximum atomic E-state index is 12.3. The van der Waals surface area contributed by atoms with Gasteiger partial charge in [0.1, 0.15) is 5.75 Å². The number of morpholine rings is 1. The van der Waals surface area contributed by atoms with E-state index in [1.54, 1.807) is 18.4 Å². The van der Waals surface area contributed by atoms with Crippen molar-refractivity contribution in [3.05, 3.63) is 48.0 Å². The lowest BCUT2D eigenvalue weighted by Crippen LogP contribution is -2.36. The van der Waals surface area contributed by atoms with Crippen LogP contribution in [0.2, 0.25) is 0 Å². The van der Waals surface area contributed by atoms with Gasteiger partial charge in [0.25, 0.3) is 0 Å². The number of amides is 1. The monoisotopic (exact) mass is 397 g/mol. The minimum atomic E-state index is 0.00749. The average Bonchev–Trinajstić information content (AvgIpc) is 3.17. The molecule has 7 heteroatoms. The van der Waals surface area contributed by atoms with E-state index in [-0.39, 0.29) is 5.91 Å². The van der Waals surface area contributed by atoms with Crippen LogP contribution in [0.3, 0.4) is 0 Å². The van der Waals surface area contributed by atoms with Crippen molar-refractivity contribution in [1.82, 2.24) is 4.98 Å². The molecule has 1 aliphatic heterocycles. The highest BCUT2D eigenvalue weighted by Crippen LogP contribution is 2.31. The number of carbonyl (C=O) groups excluding carboxylic acids is 1. The van der Waals surface area contributed by atoms with E-state index < -0.39 is 0 Å². The number of anilines is 2. The lowest BCUT2D eigenvalue weighted by molar-refractivity contribution is -0.116. The fraction of sp³-hybridized carbons (Fsp3) is 0.333. The van der Waals surface area contributed by atoms with Gasteiger partial charge in [0, 0.05) is 25.2 Å². The molecule has 6 nitrogen and oxygen atoms in total. The molecule has 0 unspecified atom stereocenters. The molecule has 0 aliphatic carbocycles. The molecule has 1 aliphatic rings. The Labute approximate surface area is 168 Å². The van der Waals surface area contributed by atoms with Crippen LogP contribution in [-0.2, 0) is 16.0 Å². The Morgan fingerprint density at radius 3 is 2.75 bits per heavy atom. The Kier molecular flexibility index (Phi) is 5.73. The Morgan fingerprint density at radius 1 is 1.21 bits per heavy atom. The van der Waals surface area contributed by atoms with Gasteiger partial charge >= 0.3 is 0 Å². The van der Waals surface area contributed by atoms with E-state index in [0.717, 1.165) is 58.7 Å². The lowest BCUT2D eigenvalue weighted by atomic mass is 10.1. The van der Waals surface area contributed by atoms with Gasteiger partial charge in [-0.1, -0.05) is 23.5 Å². The molecule has 1 saturated heterocycles. The number of ether oxygens (including phenoxy) is 2. The van der Waals surface area contributed by atoms with Gasteiger partial charge < -0.3 is 19.7 Å². The van der Waals surface area contributed by atoms with E-state index in [4.69, 9.17) is 14.5 Å². The first kappa shape index (κ1) is 18.7. The second-order valence-electron chi connectivity index (χ2n) is 6.67. The Morgan fingerprint density at radius 2 is 2.00 bits per heavy atom. The van der Waals surface area contributed by atoms with Crippen LogP contribution >= 0.6 is 11.3 Å². The van der Waals surface area contributed by atoms with E-state index in [1.165, 1.54) is 0 Å². The molecule has 28 heavy (non-hydrogen) atoms. The zero-order valence-corrected chi connectivity index (χ0v) is 16.6. The molecular weight excluding hydrogens is 374 g/mol. The van der Waals surface area contributed by atoms with Crippen molar-refractivity contribution in [2.24, 2.45) is 0 Å². The number of fused-ring (bicyclic) bond motifs is 1. The summed E-state index contributed by atoms with van der Waals surface area (Å²) in [7, 11) is 1.65. The highest BCUT2D eigenvalue weighted by atomic mass is 32.1. The SMILES string of the molecule is COc1ccc(CCC(=O)Nc2ccc3nc(N4CCOCC4)sc3c2)cc1. The third-order valence-electron chi connectivity index (χ3n) is 4.74. The van der Waals surface area contributed by atoms with Crippen LogP contribution in [0.4, 0.5) is 10.8 Å². The number of nitrogens with zero attached hydrogens (tertiary/aromatic N) is 2. The van der Waals surface area contributed by atoms with Gasteiger partial charge in [-0.25, -0.2) is 4.98 Å². The van der Waals surface area contributed by atoms with Crippen LogP contribution in [0.5, 0.6) is 5.75 Å². The van der Waals surface area contributed by atoms with Crippen molar-refractivity contribution in [3.63, 3.8) is 0 Å². The molecular formula is C21H23N3O3S. The highest BCUT2D eigenvalue weighted by molar-refractivity contribution is 7.22.